The van der Waals surface area contributed by atoms with Gasteiger partial charge in [0.05, 0.1) is 10.0 Å². The number of carbonyl (C=O) groups excluding carboxylic acids is 1. The summed E-state index contributed by atoms with van der Waals surface area (Å²) in [4.78, 5) is 20.0. The second kappa shape index (κ2) is 9.13. The van der Waals surface area contributed by atoms with Crippen LogP contribution in [0.25, 0.3) is 10.9 Å². The molecular formula is C24H26Cl3N3O. The minimum atomic E-state index is -0.733. The molecule has 164 valence electrons. The molecule has 1 unspecified atom stereocenters. The summed E-state index contributed by atoms with van der Waals surface area (Å²) in [6, 6.07) is 13.8. The zero-order valence-corrected chi connectivity index (χ0v) is 19.5. The van der Waals surface area contributed by atoms with Crippen molar-refractivity contribution in [3.63, 3.8) is 0 Å². The SMILES string of the molecule is Cl.O=C(Cc1ccc(Cl)c(Cl)c1)C1(CN2CCCC2)NCCc2[nH]c3ccccc3c21. The summed E-state index contributed by atoms with van der Waals surface area (Å²) in [5.74, 6) is 0.179. The maximum atomic E-state index is 14.0. The lowest BCUT2D eigenvalue weighted by atomic mass is 9.78. The Balaban J connectivity index is 0.00000231. The van der Waals surface area contributed by atoms with E-state index in [2.05, 4.69) is 33.4 Å². The molecule has 1 aromatic heterocycles. The van der Waals surface area contributed by atoms with Crippen LogP contribution >= 0.6 is 35.6 Å². The molecule has 5 rings (SSSR count). The number of ketones is 1. The van der Waals surface area contributed by atoms with Gasteiger partial charge in [0, 0.05) is 48.1 Å². The molecule has 7 heteroatoms. The average Bonchev–Trinajstić information content (AvgIpc) is 3.38. The van der Waals surface area contributed by atoms with E-state index < -0.39 is 5.54 Å². The summed E-state index contributed by atoms with van der Waals surface area (Å²) in [5.41, 5.74) is 3.56. The number of rotatable bonds is 5. The first-order valence-corrected chi connectivity index (χ1v) is 11.4. The number of benzene rings is 2. The third kappa shape index (κ3) is 4.12. The summed E-state index contributed by atoms with van der Waals surface area (Å²) in [7, 11) is 0. The number of H-pyrrole nitrogens is 1. The van der Waals surface area contributed by atoms with E-state index in [-0.39, 0.29) is 18.2 Å². The zero-order chi connectivity index (χ0) is 20.7. The molecule has 3 aromatic rings. The van der Waals surface area contributed by atoms with Gasteiger partial charge in [-0.25, -0.2) is 0 Å². The van der Waals surface area contributed by atoms with Gasteiger partial charge in [-0.3, -0.25) is 10.1 Å². The van der Waals surface area contributed by atoms with Crippen LogP contribution in [-0.4, -0.2) is 41.8 Å². The topological polar surface area (TPSA) is 48.1 Å². The molecular weight excluding hydrogens is 453 g/mol. The van der Waals surface area contributed by atoms with E-state index in [0.29, 0.717) is 23.0 Å². The Bertz CT molecular complexity index is 1110. The van der Waals surface area contributed by atoms with Crippen LogP contribution in [-0.2, 0) is 23.2 Å². The second-order valence-corrected chi connectivity index (χ2v) is 9.25. The van der Waals surface area contributed by atoms with Crippen molar-refractivity contribution >= 4 is 52.3 Å². The Labute approximate surface area is 198 Å². The Kier molecular flexibility index (Phi) is 6.66. The molecule has 1 saturated heterocycles. The molecule has 2 aliphatic rings. The van der Waals surface area contributed by atoms with Gasteiger partial charge in [0.25, 0.3) is 0 Å². The van der Waals surface area contributed by atoms with Gasteiger partial charge in [0.1, 0.15) is 5.54 Å². The Morgan fingerprint density at radius 2 is 1.84 bits per heavy atom. The number of aromatic nitrogens is 1. The van der Waals surface area contributed by atoms with E-state index in [1.54, 1.807) is 6.07 Å². The lowest BCUT2D eigenvalue weighted by Gasteiger charge is -2.40. The number of halogens is 3. The highest BCUT2D eigenvalue weighted by atomic mass is 35.5. The quantitative estimate of drug-likeness (QED) is 0.533. The number of likely N-dealkylation sites (tertiary alicyclic amines) is 1. The maximum Gasteiger partial charge on any atom is 0.163 e. The van der Waals surface area contributed by atoms with Crippen molar-refractivity contribution in [2.45, 2.75) is 31.2 Å². The van der Waals surface area contributed by atoms with Crippen molar-refractivity contribution in [2.75, 3.05) is 26.2 Å². The van der Waals surface area contributed by atoms with Crippen molar-refractivity contribution in [3.05, 3.63) is 69.3 Å². The lowest BCUT2D eigenvalue weighted by Crippen LogP contribution is -2.59. The number of hydrogen-bond donors (Lipinski definition) is 2. The van der Waals surface area contributed by atoms with Crippen molar-refractivity contribution < 1.29 is 4.79 Å². The van der Waals surface area contributed by atoms with Crippen molar-refractivity contribution in [1.82, 2.24) is 15.2 Å². The molecule has 0 bridgehead atoms. The minimum Gasteiger partial charge on any atom is -0.358 e. The zero-order valence-electron chi connectivity index (χ0n) is 17.2. The van der Waals surface area contributed by atoms with Crippen LogP contribution < -0.4 is 5.32 Å². The minimum absolute atomic E-state index is 0. The fourth-order valence-electron chi connectivity index (χ4n) is 5.09. The van der Waals surface area contributed by atoms with E-state index >= 15 is 0 Å². The summed E-state index contributed by atoms with van der Waals surface area (Å²) < 4.78 is 0. The fourth-order valence-corrected chi connectivity index (χ4v) is 5.41. The van der Waals surface area contributed by atoms with E-state index in [9.17, 15) is 4.79 Å². The average molecular weight is 479 g/mol. The van der Waals surface area contributed by atoms with Gasteiger partial charge >= 0.3 is 0 Å². The van der Waals surface area contributed by atoms with Crippen molar-refractivity contribution in [1.29, 1.82) is 0 Å². The molecule has 0 amide bonds. The van der Waals surface area contributed by atoms with Crippen LogP contribution in [0.4, 0.5) is 0 Å². The van der Waals surface area contributed by atoms with Gasteiger partial charge in [-0.2, -0.15) is 0 Å². The number of fused-ring (bicyclic) bond motifs is 3. The van der Waals surface area contributed by atoms with Gasteiger partial charge in [-0.05, 0) is 49.7 Å². The normalized spacial score (nSPS) is 21.1. The molecule has 31 heavy (non-hydrogen) atoms. The standard InChI is InChI=1S/C24H25Cl2N3O.ClH/c25-18-8-7-16(13-19(18)26)14-22(30)24(15-29-11-3-4-12-29)23-17-5-1-2-6-20(17)28-21(23)9-10-27-24;/h1-2,5-8,13,27-28H,3-4,9-12,14-15H2;1H. The van der Waals surface area contributed by atoms with E-state index in [0.717, 1.165) is 48.1 Å². The number of aromatic amines is 1. The number of carbonyl (C=O) groups is 1. The number of hydrogen-bond acceptors (Lipinski definition) is 3. The van der Waals surface area contributed by atoms with E-state index in [1.165, 1.54) is 18.5 Å². The number of Topliss-reactive ketones (excluding diaryl/α,β-unsaturated/α-hetero) is 1. The molecule has 2 aliphatic heterocycles. The monoisotopic (exact) mass is 477 g/mol. The Morgan fingerprint density at radius 1 is 1.06 bits per heavy atom. The van der Waals surface area contributed by atoms with Gasteiger partial charge in [0.2, 0.25) is 0 Å². The highest BCUT2D eigenvalue weighted by Crippen LogP contribution is 2.38. The maximum absolute atomic E-state index is 14.0. The highest BCUT2D eigenvalue weighted by molar-refractivity contribution is 6.42. The third-order valence-corrected chi connectivity index (χ3v) is 7.24. The van der Waals surface area contributed by atoms with Crippen LogP contribution in [0.5, 0.6) is 0 Å². The third-order valence-electron chi connectivity index (χ3n) is 6.50. The van der Waals surface area contributed by atoms with Gasteiger partial charge in [-0.15, -0.1) is 12.4 Å². The summed E-state index contributed by atoms with van der Waals surface area (Å²) >= 11 is 12.3. The van der Waals surface area contributed by atoms with Crippen molar-refractivity contribution in [3.8, 4) is 0 Å². The molecule has 1 atom stereocenters. The second-order valence-electron chi connectivity index (χ2n) is 8.44. The fraction of sp³-hybridized carbons (Fsp3) is 0.375. The molecule has 3 heterocycles. The van der Waals surface area contributed by atoms with Crippen LogP contribution in [0, 0.1) is 0 Å². The van der Waals surface area contributed by atoms with Crippen LogP contribution in [0.15, 0.2) is 42.5 Å². The van der Waals surface area contributed by atoms with Gasteiger partial charge < -0.3 is 9.88 Å². The summed E-state index contributed by atoms with van der Waals surface area (Å²) in [6.07, 6.45) is 3.60. The van der Waals surface area contributed by atoms with Gasteiger partial charge in [0.15, 0.2) is 5.78 Å². The number of para-hydroxylation sites is 1. The Morgan fingerprint density at radius 3 is 2.61 bits per heavy atom. The van der Waals surface area contributed by atoms with Crippen LogP contribution in [0.3, 0.4) is 0 Å². The molecule has 2 N–H and O–H groups in total. The molecule has 0 spiro atoms. The summed E-state index contributed by atoms with van der Waals surface area (Å²) in [6.45, 7) is 3.56. The Hall–Kier alpha value is -1.56. The predicted molar refractivity (Wildman–Crippen MR) is 130 cm³/mol. The molecule has 0 saturated carbocycles. The first-order valence-electron chi connectivity index (χ1n) is 10.6. The van der Waals surface area contributed by atoms with Crippen LogP contribution in [0.1, 0.15) is 29.7 Å². The predicted octanol–water partition coefficient (Wildman–Crippen LogP) is 5.15. The molecule has 0 aliphatic carbocycles. The lowest BCUT2D eigenvalue weighted by molar-refractivity contribution is -0.126. The van der Waals surface area contributed by atoms with Crippen LogP contribution in [0.2, 0.25) is 10.0 Å². The molecule has 4 nitrogen and oxygen atoms in total. The van der Waals surface area contributed by atoms with E-state index in [4.69, 9.17) is 23.2 Å². The first-order chi connectivity index (χ1) is 14.6. The molecule has 2 aromatic carbocycles. The van der Waals surface area contributed by atoms with Crippen molar-refractivity contribution in [2.24, 2.45) is 0 Å². The number of nitrogens with zero attached hydrogens (tertiary/aromatic N) is 1. The van der Waals surface area contributed by atoms with Gasteiger partial charge in [-0.1, -0.05) is 47.5 Å². The summed E-state index contributed by atoms with van der Waals surface area (Å²) in [5, 5.41) is 5.80. The molecule has 0 radical (unpaired) electrons. The first kappa shape index (κ1) is 22.6. The van der Waals surface area contributed by atoms with E-state index in [1.807, 2.05) is 18.2 Å². The largest absolute Gasteiger partial charge is 0.358 e. The number of nitrogens with one attached hydrogen (secondary N) is 2. The smallest absolute Gasteiger partial charge is 0.163 e. The molecule has 1 fully saturated rings. The highest BCUT2D eigenvalue weighted by Gasteiger charge is 2.46.